The number of rotatable bonds is 5. The number of benzene rings is 1. The first-order valence-electron chi connectivity index (χ1n) is 6.26. The van der Waals surface area contributed by atoms with Crippen LogP contribution in [0, 0.1) is 0 Å². The van der Waals surface area contributed by atoms with Gasteiger partial charge in [-0.15, -0.1) is 0 Å². The standard InChI is InChI=1S/C14H15N3O4S/c1-21-14(18)10-3-5-11(6-4-10)16-13-8-7-12(9-15-13)17-22(2,19)20/h3-9,17H,1-2H3,(H,15,16). The summed E-state index contributed by atoms with van der Waals surface area (Å²) in [5, 5.41) is 3.04. The van der Waals surface area contributed by atoms with E-state index in [-0.39, 0.29) is 0 Å². The molecule has 2 rings (SSSR count). The highest BCUT2D eigenvalue weighted by Crippen LogP contribution is 2.17. The van der Waals surface area contributed by atoms with Gasteiger partial charge in [-0.25, -0.2) is 18.2 Å². The van der Waals surface area contributed by atoms with Gasteiger partial charge in [-0.1, -0.05) is 0 Å². The van der Waals surface area contributed by atoms with E-state index in [0.717, 1.165) is 11.9 Å². The first kappa shape index (κ1) is 15.8. The minimum atomic E-state index is -3.32. The van der Waals surface area contributed by atoms with E-state index >= 15 is 0 Å². The zero-order valence-electron chi connectivity index (χ0n) is 12.0. The summed E-state index contributed by atoms with van der Waals surface area (Å²) < 4.78 is 29.1. The van der Waals surface area contributed by atoms with Crippen LogP contribution in [0.15, 0.2) is 42.6 Å². The lowest BCUT2D eigenvalue weighted by molar-refractivity contribution is 0.0601. The van der Waals surface area contributed by atoms with E-state index in [4.69, 9.17) is 0 Å². The number of nitrogens with one attached hydrogen (secondary N) is 2. The number of carbonyl (C=O) groups excluding carboxylic acids is 1. The molecule has 2 N–H and O–H groups in total. The molecule has 0 radical (unpaired) electrons. The SMILES string of the molecule is COC(=O)c1ccc(Nc2ccc(NS(C)(=O)=O)cn2)cc1. The van der Waals surface area contributed by atoms with E-state index in [0.29, 0.717) is 17.1 Å². The fourth-order valence-electron chi connectivity index (χ4n) is 1.70. The summed E-state index contributed by atoms with van der Waals surface area (Å²) in [6.45, 7) is 0. The molecule has 0 spiro atoms. The van der Waals surface area contributed by atoms with Gasteiger partial charge >= 0.3 is 5.97 Å². The van der Waals surface area contributed by atoms with Crippen LogP contribution in [0.1, 0.15) is 10.4 Å². The zero-order valence-corrected chi connectivity index (χ0v) is 12.8. The van der Waals surface area contributed by atoms with Crippen molar-refractivity contribution < 1.29 is 17.9 Å². The monoisotopic (exact) mass is 321 g/mol. The minimum absolute atomic E-state index is 0.383. The van der Waals surface area contributed by atoms with Crippen LogP contribution in [0.5, 0.6) is 0 Å². The van der Waals surface area contributed by atoms with Gasteiger partial charge in [0, 0.05) is 5.69 Å². The molecule has 0 saturated heterocycles. The third kappa shape index (κ3) is 4.45. The summed E-state index contributed by atoms with van der Waals surface area (Å²) in [4.78, 5) is 15.4. The topological polar surface area (TPSA) is 97.4 Å². The average molecular weight is 321 g/mol. The summed E-state index contributed by atoms with van der Waals surface area (Å²) in [5.41, 5.74) is 1.58. The van der Waals surface area contributed by atoms with Crippen LogP contribution in [0.4, 0.5) is 17.2 Å². The molecule has 22 heavy (non-hydrogen) atoms. The fraction of sp³-hybridized carbons (Fsp3) is 0.143. The van der Waals surface area contributed by atoms with E-state index in [1.54, 1.807) is 36.4 Å². The molecule has 8 heteroatoms. The van der Waals surface area contributed by atoms with Crippen LogP contribution in [-0.2, 0) is 14.8 Å². The van der Waals surface area contributed by atoms with Gasteiger partial charge in [-0.05, 0) is 36.4 Å². The van der Waals surface area contributed by atoms with Crippen LogP contribution in [-0.4, -0.2) is 32.7 Å². The number of anilines is 3. The van der Waals surface area contributed by atoms with Gasteiger partial charge in [0.05, 0.1) is 30.8 Å². The summed E-state index contributed by atoms with van der Waals surface area (Å²) >= 11 is 0. The average Bonchev–Trinajstić information content (AvgIpc) is 2.48. The van der Waals surface area contributed by atoms with Crippen molar-refractivity contribution in [3.8, 4) is 0 Å². The second-order valence-electron chi connectivity index (χ2n) is 4.50. The lowest BCUT2D eigenvalue weighted by Crippen LogP contribution is -2.09. The predicted molar refractivity (Wildman–Crippen MR) is 83.8 cm³/mol. The quantitative estimate of drug-likeness (QED) is 0.817. The summed E-state index contributed by atoms with van der Waals surface area (Å²) in [7, 11) is -1.99. The highest BCUT2D eigenvalue weighted by molar-refractivity contribution is 7.92. The number of ether oxygens (including phenoxy) is 1. The summed E-state index contributed by atoms with van der Waals surface area (Å²) in [6.07, 6.45) is 2.48. The van der Waals surface area contributed by atoms with Gasteiger partial charge in [-0.3, -0.25) is 4.72 Å². The van der Waals surface area contributed by atoms with Crippen molar-refractivity contribution in [2.24, 2.45) is 0 Å². The highest BCUT2D eigenvalue weighted by atomic mass is 32.2. The zero-order chi connectivity index (χ0) is 16.2. The Bertz CT molecular complexity index is 756. The van der Waals surface area contributed by atoms with E-state index < -0.39 is 16.0 Å². The van der Waals surface area contributed by atoms with Gasteiger partial charge in [0.15, 0.2) is 0 Å². The first-order chi connectivity index (χ1) is 10.4. The number of hydrogen-bond acceptors (Lipinski definition) is 6. The van der Waals surface area contributed by atoms with Crippen molar-refractivity contribution in [2.45, 2.75) is 0 Å². The lowest BCUT2D eigenvalue weighted by atomic mass is 10.2. The summed E-state index contributed by atoms with van der Waals surface area (Å²) in [6, 6.07) is 9.94. The number of sulfonamides is 1. The molecule has 2 aromatic rings. The van der Waals surface area contributed by atoms with Crippen molar-refractivity contribution in [1.29, 1.82) is 0 Å². The van der Waals surface area contributed by atoms with Crippen molar-refractivity contribution in [1.82, 2.24) is 4.98 Å². The number of aromatic nitrogens is 1. The molecule has 1 aromatic heterocycles. The van der Waals surface area contributed by atoms with Gasteiger partial charge in [-0.2, -0.15) is 0 Å². The molecule has 0 unspecified atom stereocenters. The molecule has 0 atom stereocenters. The smallest absolute Gasteiger partial charge is 0.337 e. The molecule has 0 aliphatic heterocycles. The fourth-order valence-corrected chi connectivity index (χ4v) is 2.25. The molecule has 0 fully saturated rings. The Balaban J connectivity index is 2.06. The Hall–Kier alpha value is -2.61. The molecule has 1 heterocycles. The van der Waals surface area contributed by atoms with Crippen molar-refractivity contribution in [2.75, 3.05) is 23.4 Å². The van der Waals surface area contributed by atoms with E-state index in [9.17, 15) is 13.2 Å². The molecule has 0 aliphatic rings. The Morgan fingerprint density at radius 2 is 1.73 bits per heavy atom. The number of methoxy groups -OCH3 is 1. The largest absolute Gasteiger partial charge is 0.465 e. The molecule has 0 aliphatic carbocycles. The van der Waals surface area contributed by atoms with Crippen LogP contribution >= 0.6 is 0 Å². The maximum absolute atomic E-state index is 11.3. The van der Waals surface area contributed by atoms with E-state index in [1.807, 2.05) is 0 Å². The molecule has 7 nitrogen and oxygen atoms in total. The van der Waals surface area contributed by atoms with Gasteiger partial charge < -0.3 is 10.1 Å². The van der Waals surface area contributed by atoms with Crippen LogP contribution < -0.4 is 10.0 Å². The van der Waals surface area contributed by atoms with Crippen molar-refractivity contribution in [3.63, 3.8) is 0 Å². The Labute approximate surface area is 128 Å². The number of hydrogen-bond donors (Lipinski definition) is 2. The molecule has 116 valence electrons. The highest BCUT2D eigenvalue weighted by Gasteiger charge is 2.05. The predicted octanol–water partition coefficient (Wildman–Crippen LogP) is 1.98. The molecule has 1 aromatic carbocycles. The Morgan fingerprint density at radius 3 is 2.23 bits per heavy atom. The normalized spacial score (nSPS) is 10.8. The number of esters is 1. The summed E-state index contributed by atoms with van der Waals surface area (Å²) in [5.74, 6) is 0.144. The van der Waals surface area contributed by atoms with Gasteiger partial charge in [0.1, 0.15) is 5.82 Å². The van der Waals surface area contributed by atoms with E-state index in [2.05, 4.69) is 19.8 Å². The second-order valence-corrected chi connectivity index (χ2v) is 6.25. The van der Waals surface area contributed by atoms with E-state index in [1.165, 1.54) is 13.3 Å². The maximum Gasteiger partial charge on any atom is 0.337 e. The Kier molecular flexibility index (Phi) is 4.62. The molecule has 0 saturated carbocycles. The molecule has 0 bridgehead atoms. The van der Waals surface area contributed by atoms with Crippen LogP contribution in [0.25, 0.3) is 0 Å². The van der Waals surface area contributed by atoms with Crippen molar-refractivity contribution >= 4 is 33.2 Å². The lowest BCUT2D eigenvalue weighted by Gasteiger charge is -2.08. The van der Waals surface area contributed by atoms with Crippen LogP contribution in [0.2, 0.25) is 0 Å². The van der Waals surface area contributed by atoms with Crippen molar-refractivity contribution in [3.05, 3.63) is 48.2 Å². The van der Waals surface area contributed by atoms with Gasteiger partial charge in [0.25, 0.3) is 0 Å². The van der Waals surface area contributed by atoms with Gasteiger partial charge in [0.2, 0.25) is 10.0 Å². The number of carbonyl (C=O) groups is 1. The molecular weight excluding hydrogens is 306 g/mol. The van der Waals surface area contributed by atoms with Crippen LogP contribution in [0.3, 0.4) is 0 Å². The number of nitrogens with zero attached hydrogens (tertiary/aromatic N) is 1. The maximum atomic E-state index is 11.3. The molecular formula is C14H15N3O4S. The minimum Gasteiger partial charge on any atom is -0.465 e. The third-order valence-corrected chi connectivity index (χ3v) is 3.25. The number of pyridine rings is 1. The molecule has 0 amide bonds. The first-order valence-corrected chi connectivity index (χ1v) is 8.16. The Morgan fingerprint density at radius 1 is 1.09 bits per heavy atom. The third-order valence-electron chi connectivity index (χ3n) is 2.65. The second kappa shape index (κ2) is 6.44.